The average Bonchev–Trinajstić information content (AvgIpc) is 2.15. The predicted octanol–water partition coefficient (Wildman–Crippen LogP) is 2.66. The molecule has 0 bridgehead atoms. The summed E-state index contributed by atoms with van der Waals surface area (Å²) in [5.41, 5.74) is 7.48. The predicted molar refractivity (Wildman–Crippen MR) is 68.2 cm³/mol. The van der Waals surface area contributed by atoms with Crippen molar-refractivity contribution in [1.82, 2.24) is 0 Å². The Morgan fingerprint density at radius 2 is 1.69 bits per heavy atom. The van der Waals surface area contributed by atoms with E-state index in [0.717, 1.165) is 12.0 Å². The van der Waals surface area contributed by atoms with Crippen LogP contribution in [0.5, 0.6) is 0 Å². The van der Waals surface area contributed by atoms with E-state index in [9.17, 15) is 5.11 Å². The zero-order valence-electron chi connectivity index (χ0n) is 10.7. The van der Waals surface area contributed by atoms with Crippen molar-refractivity contribution in [3.05, 3.63) is 35.4 Å². The van der Waals surface area contributed by atoms with Crippen molar-refractivity contribution in [3.8, 4) is 0 Å². The zero-order chi connectivity index (χ0) is 12.3. The Balaban J connectivity index is 2.79. The van der Waals surface area contributed by atoms with E-state index in [2.05, 4.69) is 26.0 Å². The zero-order valence-corrected chi connectivity index (χ0v) is 10.7. The smallest absolute Gasteiger partial charge is 0.0963 e. The summed E-state index contributed by atoms with van der Waals surface area (Å²) < 4.78 is 0. The Morgan fingerprint density at radius 3 is 2.06 bits per heavy atom. The van der Waals surface area contributed by atoms with E-state index < -0.39 is 11.6 Å². The van der Waals surface area contributed by atoms with Crippen LogP contribution in [0.15, 0.2) is 24.3 Å². The molecule has 90 valence electrons. The van der Waals surface area contributed by atoms with Crippen LogP contribution in [0.3, 0.4) is 0 Å². The lowest BCUT2D eigenvalue weighted by atomic mass is 9.91. The molecule has 16 heavy (non-hydrogen) atoms. The molecule has 1 aromatic rings. The standard InChI is InChI=1S/C14H23NO/c1-10(2)9-11-5-7-12(8-6-11)13(16)14(3,4)15/h5-8,10,13,16H,9,15H2,1-4H3. The lowest BCUT2D eigenvalue weighted by molar-refractivity contribution is 0.104. The Labute approximate surface area is 98.5 Å². The maximum absolute atomic E-state index is 10.0. The van der Waals surface area contributed by atoms with E-state index in [1.807, 2.05) is 26.0 Å². The van der Waals surface area contributed by atoms with Gasteiger partial charge >= 0.3 is 0 Å². The van der Waals surface area contributed by atoms with E-state index in [1.54, 1.807) is 0 Å². The van der Waals surface area contributed by atoms with E-state index in [4.69, 9.17) is 5.73 Å². The molecule has 0 fully saturated rings. The summed E-state index contributed by atoms with van der Waals surface area (Å²) in [6.07, 6.45) is 0.461. The summed E-state index contributed by atoms with van der Waals surface area (Å²) in [6, 6.07) is 8.09. The third kappa shape index (κ3) is 3.62. The molecule has 0 saturated heterocycles. The molecule has 1 rings (SSSR count). The normalized spacial score (nSPS) is 14.2. The Morgan fingerprint density at radius 1 is 1.19 bits per heavy atom. The summed E-state index contributed by atoms with van der Waals surface area (Å²) in [4.78, 5) is 0. The molecule has 0 aliphatic rings. The van der Waals surface area contributed by atoms with Gasteiger partial charge in [0.15, 0.2) is 0 Å². The van der Waals surface area contributed by atoms with E-state index in [0.29, 0.717) is 5.92 Å². The molecule has 0 aliphatic heterocycles. The molecule has 0 aromatic heterocycles. The van der Waals surface area contributed by atoms with Crippen LogP contribution >= 0.6 is 0 Å². The number of hydrogen-bond acceptors (Lipinski definition) is 2. The summed E-state index contributed by atoms with van der Waals surface area (Å²) in [6.45, 7) is 8.07. The molecule has 0 aliphatic carbocycles. The summed E-state index contributed by atoms with van der Waals surface area (Å²) >= 11 is 0. The number of rotatable bonds is 4. The highest BCUT2D eigenvalue weighted by molar-refractivity contribution is 5.26. The Bertz CT molecular complexity index is 322. The van der Waals surface area contributed by atoms with Crippen molar-refractivity contribution in [2.75, 3.05) is 0 Å². The van der Waals surface area contributed by atoms with Gasteiger partial charge in [0.25, 0.3) is 0 Å². The van der Waals surface area contributed by atoms with Crippen molar-refractivity contribution in [2.45, 2.75) is 45.8 Å². The second kappa shape index (κ2) is 4.98. The largest absolute Gasteiger partial charge is 0.387 e. The quantitative estimate of drug-likeness (QED) is 0.821. The maximum Gasteiger partial charge on any atom is 0.0963 e. The number of nitrogens with two attached hydrogens (primary N) is 1. The number of aliphatic hydroxyl groups excluding tert-OH is 1. The van der Waals surface area contributed by atoms with Gasteiger partial charge < -0.3 is 10.8 Å². The minimum absolute atomic E-state index is 0.598. The van der Waals surface area contributed by atoms with Crippen LogP contribution in [0.25, 0.3) is 0 Å². The lowest BCUT2D eigenvalue weighted by Gasteiger charge is -2.26. The van der Waals surface area contributed by atoms with Crippen LogP contribution < -0.4 is 5.73 Å². The maximum atomic E-state index is 10.0. The molecule has 1 unspecified atom stereocenters. The molecule has 2 nitrogen and oxygen atoms in total. The van der Waals surface area contributed by atoms with E-state index in [-0.39, 0.29) is 0 Å². The first-order chi connectivity index (χ1) is 7.30. The van der Waals surface area contributed by atoms with E-state index in [1.165, 1.54) is 5.56 Å². The monoisotopic (exact) mass is 221 g/mol. The van der Waals surface area contributed by atoms with Crippen LogP contribution in [0.2, 0.25) is 0 Å². The van der Waals surface area contributed by atoms with Gasteiger partial charge in [0, 0.05) is 5.54 Å². The molecule has 1 atom stereocenters. The second-order valence-electron chi connectivity index (χ2n) is 5.56. The fraction of sp³-hybridized carbons (Fsp3) is 0.571. The van der Waals surface area contributed by atoms with Crippen molar-refractivity contribution >= 4 is 0 Å². The fourth-order valence-corrected chi connectivity index (χ4v) is 1.74. The molecule has 0 radical (unpaired) electrons. The second-order valence-corrected chi connectivity index (χ2v) is 5.56. The van der Waals surface area contributed by atoms with Gasteiger partial charge in [0.1, 0.15) is 0 Å². The molecule has 3 N–H and O–H groups in total. The highest BCUT2D eigenvalue weighted by atomic mass is 16.3. The lowest BCUT2D eigenvalue weighted by Crippen LogP contribution is -2.39. The van der Waals surface area contributed by atoms with Gasteiger partial charge in [0.05, 0.1) is 6.10 Å². The molecular weight excluding hydrogens is 198 g/mol. The average molecular weight is 221 g/mol. The molecule has 2 heteroatoms. The first-order valence-electron chi connectivity index (χ1n) is 5.86. The number of hydrogen-bond donors (Lipinski definition) is 2. The van der Waals surface area contributed by atoms with Crippen molar-refractivity contribution in [1.29, 1.82) is 0 Å². The summed E-state index contributed by atoms with van der Waals surface area (Å²) in [5, 5.41) is 10.0. The third-order valence-corrected chi connectivity index (χ3v) is 2.64. The molecule has 1 aromatic carbocycles. The first kappa shape index (κ1) is 13.2. The van der Waals surface area contributed by atoms with Gasteiger partial charge in [-0.3, -0.25) is 0 Å². The van der Waals surface area contributed by atoms with Gasteiger partial charge in [-0.25, -0.2) is 0 Å². The van der Waals surface area contributed by atoms with Crippen LogP contribution in [-0.4, -0.2) is 10.6 Å². The van der Waals surface area contributed by atoms with Crippen LogP contribution in [0.4, 0.5) is 0 Å². The van der Waals surface area contributed by atoms with Gasteiger partial charge in [-0.15, -0.1) is 0 Å². The van der Waals surface area contributed by atoms with Crippen molar-refractivity contribution < 1.29 is 5.11 Å². The third-order valence-electron chi connectivity index (χ3n) is 2.64. The molecular formula is C14H23NO. The minimum Gasteiger partial charge on any atom is -0.387 e. The minimum atomic E-state index is -0.611. The van der Waals surface area contributed by atoms with E-state index >= 15 is 0 Å². The van der Waals surface area contributed by atoms with Gasteiger partial charge in [-0.1, -0.05) is 38.1 Å². The first-order valence-corrected chi connectivity index (χ1v) is 5.86. The van der Waals surface area contributed by atoms with Gasteiger partial charge in [0.2, 0.25) is 0 Å². The summed E-state index contributed by atoms with van der Waals surface area (Å²) in [5.74, 6) is 0.654. The van der Waals surface area contributed by atoms with Gasteiger partial charge in [-0.2, -0.15) is 0 Å². The fourth-order valence-electron chi connectivity index (χ4n) is 1.74. The van der Waals surface area contributed by atoms with Crippen molar-refractivity contribution in [2.24, 2.45) is 11.7 Å². The Kier molecular flexibility index (Phi) is 4.11. The molecule has 0 heterocycles. The highest BCUT2D eigenvalue weighted by Crippen LogP contribution is 2.23. The molecule has 0 saturated carbocycles. The van der Waals surface area contributed by atoms with Crippen LogP contribution in [0.1, 0.15) is 44.9 Å². The van der Waals surface area contributed by atoms with Crippen LogP contribution in [-0.2, 0) is 6.42 Å². The van der Waals surface area contributed by atoms with Gasteiger partial charge in [-0.05, 0) is 37.3 Å². The van der Waals surface area contributed by atoms with Crippen LogP contribution in [0, 0.1) is 5.92 Å². The highest BCUT2D eigenvalue weighted by Gasteiger charge is 2.23. The number of aliphatic hydroxyl groups is 1. The number of benzene rings is 1. The molecule has 0 amide bonds. The Hall–Kier alpha value is -0.860. The summed E-state index contributed by atoms with van der Waals surface area (Å²) in [7, 11) is 0. The molecule has 0 spiro atoms. The van der Waals surface area contributed by atoms with Crippen molar-refractivity contribution in [3.63, 3.8) is 0 Å². The SMILES string of the molecule is CC(C)Cc1ccc(C(O)C(C)(C)N)cc1. The topological polar surface area (TPSA) is 46.2 Å².